The van der Waals surface area contributed by atoms with Crippen LogP contribution in [-0.4, -0.2) is 11.5 Å². The largest absolute Gasteiger partial charge is 0.305 e. The van der Waals surface area contributed by atoms with E-state index >= 15 is 0 Å². The average molecular weight is 258 g/mol. The van der Waals surface area contributed by atoms with Crippen LogP contribution in [0.25, 0.3) is 0 Å². The number of hydrogen-bond acceptors (Lipinski definition) is 2. The van der Waals surface area contributed by atoms with Gasteiger partial charge in [0.05, 0.1) is 11.7 Å². The van der Waals surface area contributed by atoms with Crippen LogP contribution >= 0.6 is 0 Å². The zero-order chi connectivity index (χ0) is 13.8. The van der Waals surface area contributed by atoms with E-state index in [9.17, 15) is 4.39 Å². The highest BCUT2D eigenvalue weighted by molar-refractivity contribution is 5.35. The van der Waals surface area contributed by atoms with Crippen molar-refractivity contribution in [2.45, 2.75) is 26.8 Å². The summed E-state index contributed by atoms with van der Waals surface area (Å²) >= 11 is 0. The number of rotatable bonds is 4. The first kappa shape index (κ1) is 13.7. The number of pyridine rings is 1. The molecule has 0 saturated heterocycles. The lowest BCUT2D eigenvalue weighted by molar-refractivity contribution is 0.592. The summed E-state index contributed by atoms with van der Waals surface area (Å²) in [7, 11) is 0. The van der Waals surface area contributed by atoms with Crippen molar-refractivity contribution in [1.82, 2.24) is 10.3 Å². The van der Waals surface area contributed by atoms with Gasteiger partial charge in [-0.3, -0.25) is 4.98 Å². The summed E-state index contributed by atoms with van der Waals surface area (Å²) in [6.07, 6.45) is 0. The first-order valence-electron chi connectivity index (χ1n) is 6.54. The maximum Gasteiger partial charge on any atom is 0.123 e. The lowest BCUT2D eigenvalue weighted by Gasteiger charge is -2.20. The maximum atomic E-state index is 13.5. The van der Waals surface area contributed by atoms with E-state index in [4.69, 9.17) is 0 Å². The summed E-state index contributed by atoms with van der Waals surface area (Å²) in [4.78, 5) is 4.55. The van der Waals surface area contributed by atoms with Crippen molar-refractivity contribution >= 4 is 0 Å². The fourth-order valence-electron chi connectivity index (χ4n) is 2.23. The number of nitrogens with one attached hydrogen (secondary N) is 1. The molecule has 2 aromatic rings. The van der Waals surface area contributed by atoms with Crippen LogP contribution in [-0.2, 0) is 0 Å². The van der Waals surface area contributed by atoms with E-state index < -0.39 is 0 Å². The molecule has 0 spiro atoms. The van der Waals surface area contributed by atoms with E-state index in [1.54, 1.807) is 6.07 Å². The zero-order valence-corrected chi connectivity index (χ0v) is 11.6. The normalized spacial score (nSPS) is 12.4. The zero-order valence-electron chi connectivity index (χ0n) is 11.6. The standard InChI is InChI=1S/C16H19FN2/c1-4-18-16(15-7-5-6-12(3)19-15)14-10-13(17)9-8-11(14)2/h5-10,16,18H,4H2,1-3H3. The van der Waals surface area contributed by atoms with Gasteiger partial charge < -0.3 is 5.32 Å². The minimum absolute atomic E-state index is 0.0689. The number of benzene rings is 1. The van der Waals surface area contributed by atoms with Crippen LogP contribution < -0.4 is 5.32 Å². The molecule has 0 amide bonds. The fourth-order valence-corrected chi connectivity index (χ4v) is 2.23. The molecule has 3 heteroatoms. The molecule has 0 aliphatic carbocycles. The molecule has 1 atom stereocenters. The van der Waals surface area contributed by atoms with E-state index in [-0.39, 0.29) is 11.9 Å². The van der Waals surface area contributed by atoms with Crippen molar-refractivity contribution < 1.29 is 4.39 Å². The molecule has 1 aromatic carbocycles. The van der Waals surface area contributed by atoms with Gasteiger partial charge in [-0.25, -0.2) is 4.39 Å². The smallest absolute Gasteiger partial charge is 0.123 e. The number of nitrogens with zero attached hydrogens (tertiary/aromatic N) is 1. The molecule has 0 radical (unpaired) electrons. The lowest BCUT2D eigenvalue weighted by atomic mass is 9.98. The van der Waals surface area contributed by atoms with E-state index in [1.165, 1.54) is 6.07 Å². The van der Waals surface area contributed by atoms with Crippen molar-refractivity contribution in [2.75, 3.05) is 6.54 Å². The van der Waals surface area contributed by atoms with Crippen LogP contribution in [0, 0.1) is 19.7 Å². The number of hydrogen-bond donors (Lipinski definition) is 1. The highest BCUT2D eigenvalue weighted by Gasteiger charge is 2.17. The van der Waals surface area contributed by atoms with Crippen molar-refractivity contribution in [1.29, 1.82) is 0 Å². The minimum Gasteiger partial charge on any atom is -0.305 e. The van der Waals surface area contributed by atoms with Gasteiger partial charge in [0.1, 0.15) is 5.82 Å². The summed E-state index contributed by atoms with van der Waals surface area (Å²) in [6.45, 7) is 6.80. The molecule has 1 N–H and O–H groups in total. The summed E-state index contributed by atoms with van der Waals surface area (Å²) in [6, 6.07) is 10.7. The first-order valence-corrected chi connectivity index (χ1v) is 6.54. The second-order valence-electron chi connectivity index (χ2n) is 4.70. The third-order valence-electron chi connectivity index (χ3n) is 3.17. The predicted molar refractivity (Wildman–Crippen MR) is 75.6 cm³/mol. The Morgan fingerprint density at radius 3 is 2.68 bits per heavy atom. The number of aromatic nitrogens is 1. The maximum absolute atomic E-state index is 13.5. The molecule has 2 rings (SSSR count). The summed E-state index contributed by atoms with van der Waals surface area (Å²) in [5.74, 6) is -0.212. The Kier molecular flexibility index (Phi) is 4.27. The van der Waals surface area contributed by atoms with Gasteiger partial charge in [0.2, 0.25) is 0 Å². The van der Waals surface area contributed by atoms with Crippen molar-refractivity contribution in [3.05, 3.63) is 64.7 Å². The van der Waals surface area contributed by atoms with Crippen molar-refractivity contribution in [3.63, 3.8) is 0 Å². The molecule has 0 fully saturated rings. The highest BCUT2D eigenvalue weighted by atomic mass is 19.1. The second-order valence-corrected chi connectivity index (χ2v) is 4.70. The predicted octanol–water partition coefficient (Wildman–Crippen LogP) is 3.54. The van der Waals surface area contributed by atoms with Crippen molar-refractivity contribution in [2.24, 2.45) is 0 Å². The van der Waals surface area contributed by atoms with Gasteiger partial charge in [-0.15, -0.1) is 0 Å². The summed E-state index contributed by atoms with van der Waals surface area (Å²) < 4.78 is 13.5. The van der Waals surface area contributed by atoms with Crippen LogP contribution in [0.5, 0.6) is 0 Å². The van der Waals surface area contributed by atoms with Crippen molar-refractivity contribution in [3.8, 4) is 0 Å². The molecule has 19 heavy (non-hydrogen) atoms. The summed E-state index contributed by atoms with van der Waals surface area (Å²) in [5.41, 5.74) is 3.90. The molecule has 0 saturated carbocycles. The third-order valence-corrected chi connectivity index (χ3v) is 3.17. The SMILES string of the molecule is CCNC(c1cccc(C)n1)c1cc(F)ccc1C. The Labute approximate surface area is 113 Å². The quantitative estimate of drug-likeness (QED) is 0.907. The summed E-state index contributed by atoms with van der Waals surface area (Å²) in [5, 5.41) is 3.38. The molecular formula is C16H19FN2. The van der Waals surface area contributed by atoms with Crippen LogP contribution in [0.1, 0.15) is 35.5 Å². The lowest BCUT2D eigenvalue weighted by Crippen LogP contribution is -2.24. The van der Waals surface area contributed by atoms with Crippen LogP contribution in [0.3, 0.4) is 0 Å². The molecular weight excluding hydrogens is 239 g/mol. The Hall–Kier alpha value is -1.74. The molecule has 100 valence electrons. The van der Waals surface area contributed by atoms with Gasteiger partial charge in [0, 0.05) is 5.69 Å². The molecule has 0 aliphatic rings. The Bertz CT molecular complexity index is 566. The Morgan fingerprint density at radius 1 is 1.21 bits per heavy atom. The van der Waals surface area contributed by atoms with Crippen LogP contribution in [0.15, 0.2) is 36.4 Å². The Balaban J connectivity index is 2.48. The van der Waals surface area contributed by atoms with E-state index in [2.05, 4.69) is 10.3 Å². The van der Waals surface area contributed by atoms with Gasteiger partial charge >= 0.3 is 0 Å². The van der Waals surface area contributed by atoms with Crippen LogP contribution in [0.4, 0.5) is 4.39 Å². The van der Waals surface area contributed by atoms with Gasteiger partial charge in [-0.2, -0.15) is 0 Å². The minimum atomic E-state index is -0.212. The average Bonchev–Trinajstić information content (AvgIpc) is 2.39. The molecule has 1 unspecified atom stereocenters. The highest BCUT2D eigenvalue weighted by Crippen LogP contribution is 2.24. The number of halogens is 1. The fraction of sp³-hybridized carbons (Fsp3) is 0.312. The molecule has 0 bridgehead atoms. The van der Waals surface area contributed by atoms with E-state index in [0.717, 1.165) is 29.1 Å². The molecule has 0 aliphatic heterocycles. The molecule has 1 heterocycles. The monoisotopic (exact) mass is 258 g/mol. The number of aryl methyl sites for hydroxylation is 2. The van der Waals surface area contributed by atoms with Crippen LogP contribution in [0.2, 0.25) is 0 Å². The van der Waals surface area contributed by atoms with Gasteiger partial charge in [-0.1, -0.05) is 19.1 Å². The van der Waals surface area contributed by atoms with Gasteiger partial charge in [0.15, 0.2) is 0 Å². The Morgan fingerprint density at radius 2 is 2.00 bits per heavy atom. The van der Waals surface area contributed by atoms with Gasteiger partial charge in [0.25, 0.3) is 0 Å². The second kappa shape index (κ2) is 5.93. The molecule has 1 aromatic heterocycles. The van der Waals surface area contributed by atoms with Gasteiger partial charge in [-0.05, 0) is 55.8 Å². The first-order chi connectivity index (χ1) is 9.11. The topological polar surface area (TPSA) is 24.9 Å². The van der Waals surface area contributed by atoms with E-state index in [0.29, 0.717) is 0 Å². The van der Waals surface area contributed by atoms with E-state index in [1.807, 2.05) is 45.0 Å². The third kappa shape index (κ3) is 3.18. The molecule has 2 nitrogen and oxygen atoms in total.